The summed E-state index contributed by atoms with van der Waals surface area (Å²) in [6.07, 6.45) is 1.17. The zero-order valence-corrected chi connectivity index (χ0v) is 8.39. The van der Waals surface area contributed by atoms with Crippen molar-refractivity contribution in [2.75, 3.05) is 6.61 Å². The van der Waals surface area contributed by atoms with Gasteiger partial charge < -0.3 is 4.74 Å². The second-order valence-electron chi connectivity index (χ2n) is 3.83. The number of carbonyl (C=O) groups excluding carboxylic acids is 1. The van der Waals surface area contributed by atoms with Crippen LogP contribution in [0.25, 0.3) is 0 Å². The van der Waals surface area contributed by atoms with Crippen molar-refractivity contribution >= 4 is 5.97 Å². The summed E-state index contributed by atoms with van der Waals surface area (Å²) in [6.45, 7) is 2.04. The van der Waals surface area contributed by atoms with Crippen LogP contribution >= 0.6 is 0 Å². The summed E-state index contributed by atoms with van der Waals surface area (Å²) >= 11 is 0. The predicted octanol–water partition coefficient (Wildman–Crippen LogP) is 2.77. The molecule has 1 aliphatic rings. The molecule has 1 unspecified atom stereocenters. The molecule has 0 aromatic rings. The molecule has 0 aromatic carbocycles. The van der Waals surface area contributed by atoms with Crippen molar-refractivity contribution in [1.82, 2.24) is 0 Å². The van der Waals surface area contributed by atoms with E-state index in [2.05, 4.69) is 0 Å². The van der Waals surface area contributed by atoms with Crippen LogP contribution in [0, 0.1) is 5.92 Å². The Bertz CT molecular complexity index is 204. The molecule has 0 bridgehead atoms. The van der Waals surface area contributed by atoms with E-state index >= 15 is 0 Å². The molecule has 82 valence electrons. The Kier molecular flexibility index (Phi) is 3.84. The van der Waals surface area contributed by atoms with Gasteiger partial charge in [0, 0.05) is 19.3 Å². The lowest BCUT2D eigenvalue weighted by Crippen LogP contribution is -2.27. The minimum atomic E-state index is -2.57. The van der Waals surface area contributed by atoms with E-state index < -0.39 is 5.92 Å². The maximum Gasteiger partial charge on any atom is 0.306 e. The first kappa shape index (κ1) is 11.4. The minimum Gasteiger partial charge on any atom is -0.466 e. The average molecular weight is 206 g/mol. The summed E-state index contributed by atoms with van der Waals surface area (Å²) < 4.78 is 30.6. The molecule has 1 aliphatic carbocycles. The number of halogens is 2. The number of alkyl halides is 2. The Hall–Kier alpha value is -0.670. The molecule has 0 amide bonds. The summed E-state index contributed by atoms with van der Waals surface area (Å²) in [5.41, 5.74) is 0. The van der Waals surface area contributed by atoms with E-state index in [1.807, 2.05) is 0 Å². The lowest BCUT2D eigenvalue weighted by atomic mass is 9.84. The summed E-state index contributed by atoms with van der Waals surface area (Å²) in [4.78, 5) is 11.1. The van der Waals surface area contributed by atoms with Crippen molar-refractivity contribution in [2.24, 2.45) is 5.92 Å². The zero-order valence-electron chi connectivity index (χ0n) is 8.39. The third-order valence-corrected chi connectivity index (χ3v) is 2.50. The Balaban J connectivity index is 2.34. The summed E-state index contributed by atoms with van der Waals surface area (Å²) in [6, 6.07) is 0. The van der Waals surface area contributed by atoms with E-state index in [4.69, 9.17) is 4.74 Å². The van der Waals surface area contributed by atoms with Gasteiger partial charge in [0.15, 0.2) is 0 Å². The first-order valence-electron chi connectivity index (χ1n) is 5.07. The third-order valence-electron chi connectivity index (χ3n) is 2.50. The average Bonchev–Trinajstić information content (AvgIpc) is 2.02. The number of hydrogen-bond donors (Lipinski definition) is 0. The molecule has 0 aromatic heterocycles. The van der Waals surface area contributed by atoms with Gasteiger partial charge in [0.1, 0.15) is 0 Å². The molecule has 14 heavy (non-hydrogen) atoms. The molecule has 0 N–H and O–H groups in total. The molecule has 1 saturated carbocycles. The van der Waals surface area contributed by atoms with Crippen molar-refractivity contribution in [3.05, 3.63) is 0 Å². The largest absolute Gasteiger partial charge is 0.466 e. The van der Waals surface area contributed by atoms with Crippen molar-refractivity contribution in [3.8, 4) is 0 Å². The molecule has 0 heterocycles. The van der Waals surface area contributed by atoms with Gasteiger partial charge in [-0.2, -0.15) is 0 Å². The fourth-order valence-corrected chi connectivity index (χ4v) is 1.91. The van der Waals surface area contributed by atoms with Crippen LogP contribution in [0.4, 0.5) is 8.78 Å². The van der Waals surface area contributed by atoms with Gasteiger partial charge in [-0.15, -0.1) is 0 Å². The van der Waals surface area contributed by atoms with Crippen LogP contribution in [-0.4, -0.2) is 18.5 Å². The highest BCUT2D eigenvalue weighted by molar-refractivity contribution is 5.69. The standard InChI is InChI=1S/C10H16F2O2/c1-2-14-9(13)6-8-4-3-5-10(11,12)7-8/h8H,2-7H2,1H3. The maximum absolute atomic E-state index is 12.9. The highest BCUT2D eigenvalue weighted by Gasteiger charge is 2.36. The number of rotatable bonds is 3. The third kappa shape index (κ3) is 3.60. The van der Waals surface area contributed by atoms with Gasteiger partial charge in [0.25, 0.3) is 0 Å². The number of esters is 1. The fourth-order valence-electron chi connectivity index (χ4n) is 1.91. The topological polar surface area (TPSA) is 26.3 Å². The zero-order chi connectivity index (χ0) is 10.6. The second-order valence-corrected chi connectivity index (χ2v) is 3.83. The molecule has 1 rings (SSSR count). The van der Waals surface area contributed by atoms with Crippen molar-refractivity contribution in [3.63, 3.8) is 0 Å². The van der Waals surface area contributed by atoms with E-state index in [9.17, 15) is 13.6 Å². The molecule has 0 saturated heterocycles. The number of carbonyl (C=O) groups is 1. The second kappa shape index (κ2) is 4.71. The van der Waals surface area contributed by atoms with E-state index in [-0.39, 0.29) is 31.1 Å². The number of hydrogen-bond acceptors (Lipinski definition) is 2. The van der Waals surface area contributed by atoms with Crippen LogP contribution in [0.5, 0.6) is 0 Å². The molecular formula is C10H16F2O2. The monoisotopic (exact) mass is 206 g/mol. The minimum absolute atomic E-state index is 0.0354. The van der Waals surface area contributed by atoms with Gasteiger partial charge in [-0.25, -0.2) is 8.78 Å². The van der Waals surface area contributed by atoms with Gasteiger partial charge in [-0.05, 0) is 25.7 Å². The maximum atomic E-state index is 12.9. The van der Waals surface area contributed by atoms with Crippen LogP contribution in [0.3, 0.4) is 0 Å². The van der Waals surface area contributed by atoms with E-state index in [1.165, 1.54) is 0 Å². The van der Waals surface area contributed by atoms with Gasteiger partial charge in [-0.1, -0.05) is 0 Å². The lowest BCUT2D eigenvalue weighted by Gasteiger charge is -2.28. The molecule has 1 atom stereocenters. The Morgan fingerprint density at radius 1 is 1.57 bits per heavy atom. The molecule has 2 nitrogen and oxygen atoms in total. The first-order valence-corrected chi connectivity index (χ1v) is 5.07. The Morgan fingerprint density at radius 2 is 2.29 bits per heavy atom. The van der Waals surface area contributed by atoms with Gasteiger partial charge in [0.2, 0.25) is 5.92 Å². The van der Waals surface area contributed by atoms with Crippen molar-refractivity contribution < 1.29 is 18.3 Å². The number of ether oxygens (including phenoxy) is 1. The Morgan fingerprint density at radius 3 is 2.86 bits per heavy atom. The highest BCUT2D eigenvalue weighted by atomic mass is 19.3. The smallest absolute Gasteiger partial charge is 0.306 e. The lowest BCUT2D eigenvalue weighted by molar-refractivity contribution is -0.145. The SMILES string of the molecule is CCOC(=O)CC1CCCC(F)(F)C1. The van der Waals surface area contributed by atoms with Crippen LogP contribution in [-0.2, 0) is 9.53 Å². The first-order chi connectivity index (χ1) is 6.53. The summed E-state index contributed by atoms with van der Waals surface area (Å²) in [5, 5.41) is 0. The van der Waals surface area contributed by atoms with E-state index in [0.29, 0.717) is 19.4 Å². The predicted molar refractivity (Wildman–Crippen MR) is 48.2 cm³/mol. The van der Waals surface area contributed by atoms with Crippen LogP contribution in [0.15, 0.2) is 0 Å². The van der Waals surface area contributed by atoms with Crippen molar-refractivity contribution in [1.29, 1.82) is 0 Å². The molecule has 1 fully saturated rings. The normalized spacial score (nSPS) is 25.8. The molecule has 4 heteroatoms. The molecule has 0 aliphatic heterocycles. The van der Waals surface area contributed by atoms with Gasteiger partial charge in [-0.3, -0.25) is 4.79 Å². The highest BCUT2D eigenvalue weighted by Crippen LogP contribution is 2.38. The van der Waals surface area contributed by atoms with Crippen LogP contribution in [0.1, 0.15) is 39.0 Å². The fraction of sp³-hybridized carbons (Fsp3) is 0.900. The summed E-state index contributed by atoms with van der Waals surface area (Å²) in [7, 11) is 0. The van der Waals surface area contributed by atoms with E-state index in [0.717, 1.165) is 0 Å². The Labute approximate surface area is 82.6 Å². The quantitative estimate of drug-likeness (QED) is 0.664. The van der Waals surface area contributed by atoms with Gasteiger partial charge >= 0.3 is 5.97 Å². The van der Waals surface area contributed by atoms with Gasteiger partial charge in [0.05, 0.1) is 6.61 Å². The van der Waals surface area contributed by atoms with Crippen molar-refractivity contribution in [2.45, 2.75) is 45.0 Å². The van der Waals surface area contributed by atoms with Crippen LogP contribution < -0.4 is 0 Å². The molecule has 0 spiro atoms. The van der Waals surface area contributed by atoms with E-state index in [1.54, 1.807) is 6.92 Å². The molecular weight excluding hydrogens is 190 g/mol. The van der Waals surface area contributed by atoms with Crippen LogP contribution in [0.2, 0.25) is 0 Å². The molecule has 0 radical (unpaired) electrons. The summed E-state index contributed by atoms with van der Waals surface area (Å²) in [5.74, 6) is -3.12.